The molecule has 0 saturated carbocycles. The van der Waals surface area contributed by atoms with E-state index in [1.165, 1.54) is 11.3 Å². The van der Waals surface area contributed by atoms with E-state index in [9.17, 15) is 18.0 Å². The van der Waals surface area contributed by atoms with Gasteiger partial charge in [0.1, 0.15) is 11.6 Å². The van der Waals surface area contributed by atoms with Gasteiger partial charge in [-0.1, -0.05) is 12.1 Å². The molecule has 0 saturated heterocycles. The van der Waals surface area contributed by atoms with Crippen molar-refractivity contribution in [2.75, 3.05) is 5.32 Å². The van der Waals surface area contributed by atoms with E-state index in [4.69, 9.17) is 14.3 Å². The second-order valence-corrected chi connectivity index (χ2v) is 8.95. The van der Waals surface area contributed by atoms with E-state index in [-0.39, 0.29) is 24.7 Å². The highest BCUT2D eigenvalue weighted by atomic mass is 32.2. The molecule has 0 aliphatic rings. The lowest BCUT2D eigenvalue weighted by Crippen LogP contribution is -2.15. The second-order valence-electron chi connectivity index (χ2n) is 6.52. The van der Waals surface area contributed by atoms with Crippen molar-refractivity contribution in [2.24, 2.45) is 5.14 Å². The Labute approximate surface area is 176 Å². The quantitative estimate of drug-likeness (QED) is 0.528. The van der Waals surface area contributed by atoms with Gasteiger partial charge in [-0.25, -0.2) is 23.3 Å². The molecule has 1 aromatic carbocycles. The number of carbonyl (C=O) groups excluding carboxylic acids is 2. The fourth-order valence-corrected chi connectivity index (χ4v) is 3.73. The fourth-order valence-electron chi connectivity index (χ4n) is 2.49. The van der Waals surface area contributed by atoms with Crippen LogP contribution in [0.2, 0.25) is 0 Å². The number of furan rings is 1. The standard InChI is InChI=1S/C19H19N3O6S2/c1-11-3-4-12(2)14(7-11)22-16(23)8-17-21-13(10-29-17)9-27-19(24)15-5-6-18(28-15)30(20,25)26/h3-7,10H,8-9H2,1-2H3,(H,22,23)(H2,20,25,26). The summed E-state index contributed by atoms with van der Waals surface area (Å²) >= 11 is 1.27. The minimum Gasteiger partial charge on any atom is -0.453 e. The van der Waals surface area contributed by atoms with E-state index in [1.54, 1.807) is 5.38 Å². The van der Waals surface area contributed by atoms with Crippen molar-refractivity contribution in [3.05, 3.63) is 63.3 Å². The number of sulfonamides is 1. The van der Waals surface area contributed by atoms with Crippen molar-refractivity contribution in [3.8, 4) is 0 Å². The number of benzene rings is 1. The second kappa shape index (κ2) is 8.78. The number of esters is 1. The first-order valence-electron chi connectivity index (χ1n) is 8.72. The van der Waals surface area contributed by atoms with Gasteiger partial charge in [0.15, 0.2) is 0 Å². The van der Waals surface area contributed by atoms with Crippen molar-refractivity contribution < 1.29 is 27.2 Å². The largest absolute Gasteiger partial charge is 0.453 e. The van der Waals surface area contributed by atoms with Crippen LogP contribution in [-0.2, 0) is 32.6 Å². The molecular weight excluding hydrogens is 430 g/mol. The topological polar surface area (TPSA) is 142 Å². The van der Waals surface area contributed by atoms with Crippen LogP contribution in [0.1, 0.15) is 32.4 Å². The molecule has 0 spiro atoms. The van der Waals surface area contributed by atoms with Gasteiger partial charge in [0.25, 0.3) is 10.0 Å². The van der Waals surface area contributed by atoms with Gasteiger partial charge >= 0.3 is 5.97 Å². The van der Waals surface area contributed by atoms with Crippen LogP contribution < -0.4 is 10.5 Å². The molecule has 0 aliphatic heterocycles. The fraction of sp³-hybridized carbons (Fsp3) is 0.211. The molecule has 0 fully saturated rings. The number of nitrogens with zero attached hydrogens (tertiary/aromatic N) is 1. The number of hydrogen-bond acceptors (Lipinski definition) is 8. The lowest BCUT2D eigenvalue weighted by Gasteiger charge is -2.08. The van der Waals surface area contributed by atoms with Crippen LogP contribution in [0.4, 0.5) is 5.69 Å². The summed E-state index contributed by atoms with van der Waals surface area (Å²) in [6.45, 7) is 3.71. The van der Waals surface area contributed by atoms with Crippen molar-refractivity contribution in [1.82, 2.24) is 4.98 Å². The van der Waals surface area contributed by atoms with Crippen LogP contribution >= 0.6 is 11.3 Å². The van der Waals surface area contributed by atoms with E-state index >= 15 is 0 Å². The zero-order chi connectivity index (χ0) is 21.9. The molecule has 3 N–H and O–H groups in total. The summed E-state index contributed by atoms with van der Waals surface area (Å²) in [5.74, 6) is -1.35. The zero-order valence-corrected chi connectivity index (χ0v) is 17.8. The molecule has 2 heterocycles. The Morgan fingerprint density at radius 1 is 1.23 bits per heavy atom. The van der Waals surface area contributed by atoms with Crippen LogP contribution in [-0.4, -0.2) is 25.3 Å². The summed E-state index contributed by atoms with van der Waals surface area (Å²) in [5.41, 5.74) is 3.22. The molecule has 0 aliphatic carbocycles. The van der Waals surface area contributed by atoms with Gasteiger partial charge in [0, 0.05) is 11.1 Å². The minimum atomic E-state index is -4.04. The number of aromatic nitrogens is 1. The number of ether oxygens (including phenoxy) is 1. The highest BCUT2D eigenvalue weighted by molar-refractivity contribution is 7.89. The molecule has 2 aromatic heterocycles. The summed E-state index contributed by atoms with van der Waals surface area (Å²) < 4.78 is 32.3. The Morgan fingerprint density at radius 3 is 2.70 bits per heavy atom. The molecule has 1 amide bonds. The van der Waals surface area contributed by atoms with Gasteiger partial charge in [-0.15, -0.1) is 11.3 Å². The molecule has 11 heteroatoms. The van der Waals surface area contributed by atoms with Gasteiger partial charge in [0.2, 0.25) is 16.8 Å². The third-order valence-corrected chi connectivity index (χ3v) is 5.67. The van der Waals surface area contributed by atoms with Crippen molar-refractivity contribution in [2.45, 2.75) is 32.0 Å². The third-order valence-electron chi connectivity index (χ3n) is 3.99. The van der Waals surface area contributed by atoms with Crippen LogP contribution in [0, 0.1) is 13.8 Å². The lowest BCUT2D eigenvalue weighted by molar-refractivity contribution is -0.115. The monoisotopic (exact) mass is 449 g/mol. The van der Waals surface area contributed by atoms with Crippen LogP contribution in [0.15, 0.2) is 45.2 Å². The lowest BCUT2D eigenvalue weighted by atomic mass is 10.1. The average Bonchev–Trinajstić information content (AvgIpc) is 3.32. The number of rotatable bonds is 7. The number of primary sulfonamides is 1. The van der Waals surface area contributed by atoms with E-state index < -0.39 is 21.1 Å². The number of anilines is 1. The Kier molecular flexibility index (Phi) is 6.34. The first kappa shape index (κ1) is 21.7. The highest BCUT2D eigenvalue weighted by Gasteiger charge is 2.19. The molecule has 0 unspecified atom stereocenters. The summed E-state index contributed by atoms with van der Waals surface area (Å²) in [6, 6.07) is 8.03. The predicted molar refractivity (Wildman–Crippen MR) is 110 cm³/mol. The summed E-state index contributed by atoms with van der Waals surface area (Å²) in [5, 5.41) is 9.51. The first-order valence-corrected chi connectivity index (χ1v) is 11.1. The number of carbonyl (C=O) groups is 2. The van der Waals surface area contributed by atoms with Crippen LogP contribution in [0.25, 0.3) is 0 Å². The number of nitrogens with two attached hydrogens (primary N) is 1. The number of nitrogens with one attached hydrogen (secondary N) is 1. The van der Waals surface area contributed by atoms with Gasteiger partial charge in [-0.2, -0.15) is 0 Å². The Bertz CT molecular complexity index is 1200. The molecule has 9 nitrogen and oxygen atoms in total. The summed E-state index contributed by atoms with van der Waals surface area (Å²) in [7, 11) is -4.04. The number of hydrogen-bond donors (Lipinski definition) is 2. The van der Waals surface area contributed by atoms with Crippen molar-refractivity contribution >= 4 is 38.9 Å². The molecule has 0 bridgehead atoms. The van der Waals surface area contributed by atoms with E-state index in [2.05, 4.69) is 10.3 Å². The molecule has 0 atom stereocenters. The average molecular weight is 450 g/mol. The first-order chi connectivity index (χ1) is 14.1. The highest BCUT2D eigenvalue weighted by Crippen LogP contribution is 2.18. The smallest absolute Gasteiger partial charge is 0.374 e. The zero-order valence-electron chi connectivity index (χ0n) is 16.2. The Morgan fingerprint density at radius 2 is 2.00 bits per heavy atom. The van der Waals surface area contributed by atoms with Gasteiger partial charge < -0.3 is 14.5 Å². The molecule has 30 heavy (non-hydrogen) atoms. The van der Waals surface area contributed by atoms with Gasteiger partial charge in [0.05, 0.1) is 12.1 Å². The maximum Gasteiger partial charge on any atom is 0.374 e. The van der Waals surface area contributed by atoms with Crippen LogP contribution in [0.5, 0.6) is 0 Å². The van der Waals surface area contributed by atoms with E-state index in [0.29, 0.717) is 10.7 Å². The minimum absolute atomic E-state index is 0.0852. The normalized spacial score (nSPS) is 11.3. The summed E-state index contributed by atoms with van der Waals surface area (Å²) in [4.78, 5) is 28.5. The molecule has 3 aromatic rings. The summed E-state index contributed by atoms with van der Waals surface area (Å²) in [6.07, 6.45) is 0.0852. The molecular formula is C19H19N3O6S2. The van der Waals surface area contributed by atoms with E-state index in [0.717, 1.165) is 28.9 Å². The van der Waals surface area contributed by atoms with Crippen molar-refractivity contribution in [1.29, 1.82) is 0 Å². The van der Waals surface area contributed by atoms with E-state index in [1.807, 2.05) is 32.0 Å². The molecule has 0 radical (unpaired) electrons. The SMILES string of the molecule is Cc1ccc(C)c(NC(=O)Cc2nc(COC(=O)c3ccc(S(N)(=O)=O)o3)cs2)c1. The van der Waals surface area contributed by atoms with Crippen LogP contribution in [0.3, 0.4) is 0 Å². The number of aryl methyl sites for hydroxylation is 2. The van der Waals surface area contributed by atoms with Gasteiger partial charge in [-0.05, 0) is 43.2 Å². The Hall–Kier alpha value is -3.02. The maximum absolute atomic E-state index is 12.3. The predicted octanol–water partition coefficient (Wildman–Crippen LogP) is 2.54. The van der Waals surface area contributed by atoms with Gasteiger partial charge in [-0.3, -0.25) is 4.79 Å². The Balaban J connectivity index is 1.54. The molecule has 158 valence electrons. The van der Waals surface area contributed by atoms with Crippen molar-refractivity contribution in [3.63, 3.8) is 0 Å². The maximum atomic E-state index is 12.3. The number of amides is 1. The number of thiazole rings is 1. The molecule has 3 rings (SSSR count). The third kappa shape index (κ3) is 5.53.